The van der Waals surface area contributed by atoms with Crippen LogP contribution in [0.1, 0.15) is 22.6 Å². The molecule has 1 aliphatic rings. The Morgan fingerprint density at radius 3 is 2.27 bits per heavy atom. The Bertz CT molecular complexity index is 802. The standard InChI is InChI=1S/C20H22O6/c1-23-16-9-13(10-17(24-2)19(16)22)15-11-26-20-14(15)7-12(5-4-6-21)8-18(20)25-3/h4-5,7-10,15,21-22H,6,11H2,1-3H3/b5-4+. The topological polar surface area (TPSA) is 77.4 Å². The number of methoxy groups -OCH3 is 3. The highest BCUT2D eigenvalue weighted by Gasteiger charge is 2.30. The fourth-order valence-electron chi connectivity index (χ4n) is 3.14. The van der Waals surface area contributed by atoms with Crippen molar-refractivity contribution in [3.63, 3.8) is 0 Å². The lowest BCUT2D eigenvalue weighted by atomic mass is 9.91. The van der Waals surface area contributed by atoms with Crippen molar-refractivity contribution in [2.24, 2.45) is 0 Å². The van der Waals surface area contributed by atoms with Crippen molar-refractivity contribution in [2.75, 3.05) is 34.5 Å². The van der Waals surface area contributed by atoms with Crippen molar-refractivity contribution in [1.82, 2.24) is 0 Å². The number of hydrogen-bond donors (Lipinski definition) is 2. The van der Waals surface area contributed by atoms with E-state index in [9.17, 15) is 5.11 Å². The van der Waals surface area contributed by atoms with Crippen LogP contribution in [-0.4, -0.2) is 44.8 Å². The Kier molecular flexibility index (Phi) is 5.23. The normalized spacial score (nSPS) is 15.6. The molecule has 26 heavy (non-hydrogen) atoms. The van der Waals surface area contributed by atoms with Crippen LogP contribution in [0.2, 0.25) is 0 Å². The maximum Gasteiger partial charge on any atom is 0.200 e. The summed E-state index contributed by atoms with van der Waals surface area (Å²) in [6.07, 6.45) is 3.49. The summed E-state index contributed by atoms with van der Waals surface area (Å²) in [6, 6.07) is 7.44. The van der Waals surface area contributed by atoms with Gasteiger partial charge in [-0.25, -0.2) is 0 Å². The van der Waals surface area contributed by atoms with E-state index in [1.807, 2.05) is 18.2 Å². The predicted molar refractivity (Wildman–Crippen MR) is 97.7 cm³/mol. The number of phenols is 1. The van der Waals surface area contributed by atoms with Gasteiger partial charge < -0.3 is 29.2 Å². The van der Waals surface area contributed by atoms with Crippen LogP contribution < -0.4 is 18.9 Å². The van der Waals surface area contributed by atoms with Crippen molar-refractivity contribution >= 4 is 6.08 Å². The molecule has 0 spiro atoms. The molecule has 1 aliphatic heterocycles. The second kappa shape index (κ2) is 7.58. The first-order chi connectivity index (χ1) is 12.6. The quantitative estimate of drug-likeness (QED) is 0.827. The molecule has 1 heterocycles. The number of fused-ring (bicyclic) bond motifs is 1. The SMILES string of the molecule is COc1cc(C2COc3c(OC)cc(/C=C/CO)cc32)cc(OC)c1O. The predicted octanol–water partition coefficient (Wildman–Crippen LogP) is 2.95. The number of aromatic hydroxyl groups is 1. The summed E-state index contributed by atoms with van der Waals surface area (Å²) in [7, 11) is 4.59. The smallest absolute Gasteiger partial charge is 0.200 e. The summed E-state index contributed by atoms with van der Waals surface area (Å²) < 4.78 is 21.9. The Morgan fingerprint density at radius 2 is 1.69 bits per heavy atom. The third kappa shape index (κ3) is 3.15. The van der Waals surface area contributed by atoms with Gasteiger partial charge in [-0.2, -0.15) is 0 Å². The average Bonchev–Trinajstić information content (AvgIpc) is 3.09. The molecule has 6 heteroatoms. The molecule has 0 aliphatic carbocycles. The molecule has 2 aromatic rings. The number of hydrogen-bond acceptors (Lipinski definition) is 6. The average molecular weight is 358 g/mol. The van der Waals surface area contributed by atoms with Crippen LogP contribution in [0.4, 0.5) is 0 Å². The van der Waals surface area contributed by atoms with E-state index in [-0.39, 0.29) is 18.3 Å². The van der Waals surface area contributed by atoms with E-state index >= 15 is 0 Å². The Morgan fingerprint density at radius 1 is 1.04 bits per heavy atom. The zero-order valence-electron chi connectivity index (χ0n) is 15.0. The largest absolute Gasteiger partial charge is 0.502 e. The molecule has 0 bridgehead atoms. The van der Waals surface area contributed by atoms with Crippen molar-refractivity contribution in [1.29, 1.82) is 0 Å². The van der Waals surface area contributed by atoms with Gasteiger partial charge in [-0.3, -0.25) is 0 Å². The molecule has 0 fully saturated rings. The third-order valence-electron chi connectivity index (χ3n) is 4.42. The maximum absolute atomic E-state index is 10.1. The monoisotopic (exact) mass is 358 g/mol. The first kappa shape index (κ1) is 17.9. The van der Waals surface area contributed by atoms with Crippen molar-refractivity contribution in [3.8, 4) is 28.7 Å². The van der Waals surface area contributed by atoms with E-state index in [1.54, 1.807) is 25.3 Å². The Balaban J connectivity index is 2.10. The van der Waals surface area contributed by atoms with E-state index in [0.717, 1.165) is 16.7 Å². The van der Waals surface area contributed by atoms with Crippen LogP contribution in [0.3, 0.4) is 0 Å². The maximum atomic E-state index is 10.1. The lowest BCUT2D eigenvalue weighted by Gasteiger charge is -2.15. The van der Waals surface area contributed by atoms with Crippen LogP contribution >= 0.6 is 0 Å². The second-order valence-electron chi connectivity index (χ2n) is 5.86. The number of phenolic OH excluding ortho intramolecular Hbond substituents is 1. The minimum Gasteiger partial charge on any atom is -0.502 e. The van der Waals surface area contributed by atoms with Gasteiger partial charge in [0.15, 0.2) is 23.0 Å². The Hall–Kier alpha value is -2.86. The lowest BCUT2D eigenvalue weighted by molar-refractivity contribution is 0.315. The zero-order valence-corrected chi connectivity index (χ0v) is 15.0. The van der Waals surface area contributed by atoms with Crippen molar-refractivity contribution < 1.29 is 29.2 Å². The van der Waals surface area contributed by atoms with Crippen LogP contribution in [-0.2, 0) is 0 Å². The molecule has 0 amide bonds. The summed E-state index contributed by atoms with van der Waals surface area (Å²) in [4.78, 5) is 0. The molecule has 0 radical (unpaired) electrons. The highest BCUT2D eigenvalue weighted by atomic mass is 16.5. The van der Waals surface area contributed by atoms with Gasteiger partial charge in [0.1, 0.15) is 0 Å². The van der Waals surface area contributed by atoms with Crippen LogP contribution in [0.15, 0.2) is 30.3 Å². The molecule has 0 saturated heterocycles. The summed E-state index contributed by atoms with van der Waals surface area (Å²) in [5.74, 6) is 1.93. The second-order valence-corrected chi connectivity index (χ2v) is 5.86. The molecule has 0 aromatic heterocycles. The molecule has 2 aromatic carbocycles. The summed E-state index contributed by atoms with van der Waals surface area (Å²) >= 11 is 0. The molecule has 2 N–H and O–H groups in total. The molecular formula is C20H22O6. The van der Waals surface area contributed by atoms with Crippen LogP contribution in [0, 0.1) is 0 Å². The molecular weight excluding hydrogens is 336 g/mol. The first-order valence-corrected chi connectivity index (χ1v) is 8.20. The van der Waals surface area contributed by atoms with Gasteiger partial charge in [-0.15, -0.1) is 0 Å². The van der Waals surface area contributed by atoms with Crippen LogP contribution in [0.5, 0.6) is 28.7 Å². The summed E-state index contributed by atoms with van der Waals surface area (Å²) in [5, 5.41) is 19.2. The van der Waals surface area contributed by atoms with Gasteiger partial charge in [-0.05, 0) is 35.4 Å². The van der Waals surface area contributed by atoms with E-state index in [0.29, 0.717) is 29.6 Å². The fraction of sp³-hybridized carbons (Fsp3) is 0.300. The van der Waals surface area contributed by atoms with Gasteiger partial charge in [0, 0.05) is 11.5 Å². The highest BCUT2D eigenvalue weighted by Crippen LogP contribution is 2.47. The zero-order chi connectivity index (χ0) is 18.7. The molecule has 1 atom stereocenters. The lowest BCUT2D eigenvalue weighted by Crippen LogP contribution is -2.04. The minimum atomic E-state index is -0.0650. The van der Waals surface area contributed by atoms with E-state index < -0.39 is 0 Å². The number of aliphatic hydroxyl groups is 1. The number of benzene rings is 2. The third-order valence-corrected chi connectivity index (χ3v) is 4.42. The van der Waals surface area contributed by atoms with Gasteiger partial charge in [0.05, 0.1) is 34.5 Å². The summed E-state index contributed by atoms with van der Waals surface area (Å²) in [6.45, 7) is 0.404. The minimum absolute atomic E-state index is 0.0323. The van der Waals surface area contributed by atoms with Crippen LogP contribution in [0.25, 0.3) is 6.08 Å². The van der Waals surface area contributed by atoms with E-state index in [2.05, 4.69) is 0 Å². The van der Waals surface area contributed by atoms with Gasteiger partial charge in [-0.1, -0.05) is 12.2 Å². The molecule has 3 rings (SSSR count). The number of ether oxygens (including phenoxy) is 4. The van der Waals surface area contributed by atoms with E-state index in [1.165, 1.54) is 14.2 Å². The van der Waals surface area contributed by atoms with Gasteiger partial charge in [0.2, 0.25) is 5.75 Å². The Labute approximate surface area is 152 Å². The van der Waals surface area contributed by atoms with Crippen molar-refractivity contribution in [2.45, 2.75) is 5.92 Å². The summed E-state index contributed by atoms with van der Waals surface area (Å²) in [5.41, 5.74) is 2.78. The number of rotatable bonds is 6. The fourth-order valence-corrected chi connectivity index (χ4v) is 3.14. The molecule has 0 saturated carbocycles. The van der Waals surface area contributed by atoms with Crippen molar-refractivity contribution in [3.05, 3.63) is 47.0 Å². The molecule has 138 valence electrons. The number of aliphatic hydroxyl groups excluding tert-OH is 1. The van der Waals surface area contributed by atoms with E-state index in [4.69, 9.17) is 24.1 Å². The highest BCUT2D eigenvalue weighted by molar-refractivity contribution is 5.64. The molecule has 6 nitrogen and oxygen atoms in total. The van der Waals surface area contributed by atoms with Gasteiger partial charge in [0.25, 0.3) is 0 Å². The molecule has 1 unspecified atom stereocenters. The van der Waals surface area contributed by atoms with Gasteiger partial charge >= 0.3 is 0 Å². The first-order valence-electron chi connectivity index (χ1n) is 8.20.